The van der Waals surface area contributed by atoms with Gasteiger partial charge in [0.2, 0.25) is 0 Å². The fraction of sp³-hybridized carbons (Fsp3) is 0.0833. The number of carboxylic acids is 1. The van der Waals surface area contributed by atoms with Crippen LogP contribution in [0.15, 0.2) is 36.5 Å². The van der Waals surface area contributed by atoms with Crippen molar-refractivity contribution in [2.45, 2.75) is 0 Å². The highest BCUT2D eigenvalue weighted by atomic mass is 19.1. The lowest BCUT2D eigenvalue weighted by Gasteiger charge is -2.19. The minimum atomic E-state index is -1.14. The van der Waals surface area contributed by atoms with Crippen LogP contribution in [0.2, 0.25) is 0 Å². The normalized spacial score (nSPS) is 10.1. The van der Waals surface area contributed by atoms with Gasteiger partial charge in [0.15, 0.2) is 5.82 Å². The van der Waals surface area contributed by atoms with E-state index >= 15 is 0 Å². The summed E-state index contributed by atoms with van der Waals surface area (Å²) in [5.41, 5.74) is 0.205. The minimum Gasteiger partial charge on any atom is -0.478 e. The summed E-state index contributed by atoms with van der Waals surface area (Å²) in [5, 5.41) is 16.4. The standard InChI is InChI=1S/C12H10FN3O2/c1-16(10-5-3-2-4-9(10)13)11-8(12(17)18)6-7-14-15-11/h2-7H,1H3,(H,17,18). The summed E-state index contributed by atoms with van der Waals surface area (Å²) < 4.78 is 13.6. The van der Waals surface area contributed by atoms with Crippen LogP contribution in [-0.2, 0) is 0 Å². The number of anilines is 2. The zero-order valence-electron chi connectivity index (χ0n) is 9.54. The van der Waals surface area contributed by atoms with Gasteiger partial charge >= 0.3 is 5.97 Å². The van der Waals surface area contributed by atoms with Crippen LogP contribution >= 0.6 is 0 Å². The van der Waals surface area contributed by atoms with E-state index in [1.54, 1.807) is 12.1 Å². The van der Waals surface area contributed by atoms with Gasteiger partial charge in [0.05, 0.1) is 11.9 Å². The highest BCUT2D eigenvalue weighted by Crippen LogP contribution is 2.26. The summed E-state index contributed by atoms with van der Waals surface area (Å²) in [5.74, 6) is -1.50. The molecule has 0 aliphatic rings. The summed E-state index contributed by atoms with van der Waals surface area (Å²) in [7, 11) is 1.54. The van der Waals surface area contributed by atoms with Crippen molar-refractivity contribution in [3.63, 3.8) is 0 Å². The third kappa shape index (κ3) is 2.13. The molecule has 0 atom stereocenters. The zero-order chi connectivity index (χ0) is 13.1. The molecule has 0 saturated carbocycles. The molecule has 0 fully saturated rings. The average Bonchev–Trinajstić information content (AvgIpc) is 2.38. The van der Waals surface area contributed by atoms with E-state index in [0.717, 1.165) is 0 Å². The molecule has 1 N–H and O–H groups in total. The highest BCUT2D eigenvalue weighted by molar-refractivity contribution is 5.94. The first-order valence-corrected chi connectivity index (χ1v) is 5.14. The lowest BCUT2D eigenvalue weighted by atomic mass is 10.2. The molecule has 0 aliphatic carbocycles. The van der Waals surface area contributed by atoms with Gasteiger partial charge in [-0.3, -0.25) is 0 Å². The molecule has 5 nitrogen and oxygen atoms in total. The van der Waals surface area contributed by atoms with Gasteiger partial charge in [-0.2, -0.15) is 5.10 Å². The fourth-order valence-corrected chi connectivity index (χ4v) is 1.58. The van der Waals surface area contributed by atoms with E-state index < -0.39 is 11.8 Å². The maximum absolute atomic E-state index is 13.6. The molecule has 0 radical (unpaired) electrons. The fourth-order valence-electron chi connectivity index (χ4n) is 1.58. The SMILES string of the molecule is CN(c1ccccc1F)c1nnccc1C(=O)O. The van der Waals surface area contributed by atoms with Crippen molar-refractivity contribution in [2.24, 2.45) is 0 Å². The summed E-state index contributed by atoms with van der Waals surface area (Å²) in [6.07, 6.45) is 1.28. The Morgan fingerprint density at radius 3 is 2.72 bits per heavy atom. The van der Waals surface area contributed by atoms with Crippen molar-refractivity contribution in [1.29, 1.82) is 0 Å². The molecule has 18 heavy (non-hydrogen) atoms. The predicted molar refractivity (Wildman–Crippen MR) is 63.5 cm³/mol. The number of aromatic carboxylic acids is 1. The molecule has 2 rings (SSSR count). The van der Waals surface area contributed by atoms with E-state index in [9.17, 15) is 9.18 Å². The van der Waals surface area contributed by atoms with E-state index in [-0.39, 0.29) is 17.1 Å². The molecule has 1 aromatic carbocycles. The number of rotatable bonds is 3. The maximum Gasteiger partial charge on any atom is 0.339 e. The van der Waals surface area contributed by atoms with Crippen LogP contribution in [-0.4, -0.2) is 28.3 Å². The number of nitrogens with zero attached hydrogens (tertiary/aromatic N) is 3. The number of benzene rings is 1. The van der Waals surface area contributed by atoms with Gasteiger partial charge in [0, 0.05) is 7.05 Å². The Labute approximate surface area is 103 Å². The molecule has 6 heteroatoms. The second kappa shape index (κ2) is 4.79. The molecular formula is C12H10FN3O2. The third-order valence-corrected chi connectivity index (χ3v) is 2.46. The first kappa shape index (κ1) is 12.0. The smallest absolute Gasteiger partial charge is 0.339 e. The Kier molecular flexibility index (Phi) is 3.18. The van der Waals surface area contributed by atoms with E-state index in [0.29, 0.717) is 0 Å². The number of carboxylic acid groups (broad SMARTS) is 1. The van der Waals surface area contributed by atoms with E-state index in [1.165, 1.54) is 36.3 Å². The second-order valence-electron chi connectivity index (χ2n) is 3.58. The van der Waals surface area contributed by atoms with Crippen LogP contribution in [0.3, 0.4) is 0 Å². The van der Waals surface area contributed by atoms with Gasteiger partial charge in [-0.1, -0.05) is 12.1 Å². The molecule has 0 spiro atoms. The molecule has 2 aromatic rings. The van der Waals surface area contributed by atoms with E-state index in [4.69, 9.17) is 5.11 Å². The number of hydrogen-bond donors (Lipinski definition) is 1. The van der Waals surface area contributed by atoms with Crippen LogP contribution in [0, 0.1) is 5.82 Å². The third-order valence-electron chi connectivity index (χ3n) is 2.46. The molecule has 0 unspecified atom stereocenters. The minimum absolute atomic E-state index is 0.0317. The van der Waals surface area contributed by atoms with Gasteiger partial charge in [-0.05, 0) is 18.2 Å². The summed E-state index contributed by atoms with van der Waals surface area (Å²) in [4.78, 5) is 12.4. The van der Waals surface area contributed by atoms with Crippen molar-refractivity contribution in [3.05, 3.63) is 47.9 Å². The number of hydrogen-bond acceptors (Lipinski definition) is 4. The Hall–Kier alpha value is -2.50. The Balaban J connectivity index is 2.50. The first-order valence-electron chi connectivity index (χ1n) is 5.14. The number of halogens is 1. The Bertz CT molecular complexity index is 589. The maximum atomic E-state index is 13.6. The average molecular weight is 247 g/mol. The second-order valence-corrected chi connectivity index (χ2v) is 3.58. The summed E-state index contributed by atoms with van der Waals surface area (Å²) in [6, 6.07) is 7.37. The monoisotopic (exact) mass is 247 g/mol. The molecule has 0 amide bonds. The van der Waals surface area contributed by atoms with E-state index in [2.05, 4.69) is 10.2 Å². The summed E-state index contributed by atoms with van der Waals surface area (Å²) in [6.45, 7) is 0. The molecule has 0 saturated heterocycles. The lowest BCUT2D eigenvalue weighted by molar-refractivity contribution is 0.0697. The number of aromatic nitrogens is 2. The van der Waals surface area contributed by atoms with Crippen molar-refractivity contribution in [1.82, 2.24) is 10.2 Å². The van der Waals surface area contributed by atoms with Gasteiger partial charge < -0.3 is 10.0 Å². The number of carbonyl (C=O) groups is 1. The Morgan fingerprint density at radius 2 is 2.06 bits per heavy atom. The molecule has 92 valence electrons. The van der Waals surface area contributed by atoms with Crippen LogP contribution < -0.4 is 4.90 Å². The topological polar surface area (TPSA) is 66.3 Å². The predicted octanol–water partition coefficient (Wildman–Crippen LogP) is 2.08. The lowest BCUT2D eigenvalue weighted by Crippen LogP contribution is -2.17. The summed E-state index contributed by atoms with van der Waals surface area (Å²) >= 11 is 0. The van der Waals surface area contributed by atoms with Crippen molar-refractivity contribution in [2.75, 3.05) is 11.9 Å². The van der Waals surface area contributed by atoms with Crippen molar-refractivity contribution >= 4 is 17.5 Å². The Morgan fingerprint density at radius 1 is 1.33 bits per heavy atom. The van der Waals surface area contributed by atoms with Gasteiger partial charge in [-0.25, -0.2) is 9.18 Å². The van der Waals surface area contributed by atoms with Crippen LogP contribution in [0.4, 0.5) is 15.9 Å². The number of para-hydroxylation sites is 1. The van der Waals surface area contributed by atoms with Crippen LogP contribution in [0.25, 0.3) is 0 Å². The van der Waals surface area contributed by atoms with Crippen LogP contribution in [0.5, 0.6) is 0 Å². The first-order chi connectivity index (χ1) is 8.61. The largest absolute Gasteiger partial charge is 0.478 e. The molecular weight excluding hydrogens is 237 g/mol. The van der Waals surface area contributed by atoms with Gasteiger partial charge in [0.1, 0.15) is 11.4 Å². The quantitative estimate of drug-likeness (QED) is 0.899. The van der Waals surface area contributed by atoms with Crippen molar-refractivity contribution < 1.29 is 14.3 Å². The van der Waals surface area contributed by atoms with Crippen molar-refractivity contribution in [3.8, 4) is 0 Å². The molecule has 1 heterocycles. The van der Waals surface area contributed by atoms with Gasteiger partial charge in [-0.15, -0.1) is 5.10 Å². The molecule has 0 bridgehead atoms. The zero-order valence-corrected chi connectivity index (χ0v) is 9.54. The molecule has 0 aliphatic heterocycles. The highest BCUT2D eigenvalue weighted by Gasteiger charge is 2.18. The van der Waals surface area contributed by atoms with Gasteiger partial charge in [0.25, 0.3) is 0 Å². The molecule has 1 aromatic heterocycles. The van der Waals surface area contributed by atoms with E-state index in [1.807, 2.05) is 0 Å². The van der Waals surface area contributed by atoms with Crippen LogP contribution in [0.1, 0.15) is 10.4 Å².